The van der Waals surface area contributed by atoms with Gasteiger partial charge in [-0.1, -0.05) is 6.42 Å². The zero-order valence-corrected chi connectivity index (χ0v) is 12.0. The van der Waals surface area contributed by atoms with Gasteiger partial charge in [0.15, 0.2) is 0 Å². The number of fused-ring (bicyclic) bond motifs is 2. The molecule has 19 heavy (non-hydrogen) atoms. The van der Waals surface area contributed by atoms with Crippen LogP contribution in [-0.4, -0.2) is 20.4 Å². The summed E-state index contributed by atoms with van der Waals surface area (Å²) in [5.74, 6) is 1.17. The fourth-order valence-corrected chi connectivity index (χ4v) is 4.84. The van der Waals surface area contributed by atoms with Gasteiger partial charge in [0, 0.05) is 11.4 Å². The molecule has 3 N–H and O–H groups in total. The Kier molecular flexibility index (Phi) is 3.15. The van der Waals surface area contributed by atoms with Crippen LogP contribution in [0.1, 0.15) is 36.0 Å². The Morgan fingerprint density at radius 3 is 2.68 bits per heavy atom. The van der Waals surface area contributed by atoms with E-state index in [-0.39, 0.29) is 16.2 Å². The second-order valence-corrected chi connectivity index (χ2v) is 8.15. The molecule has 1 aromatic rings. The molecule has 3 rings (SSSR count). The van der Waals surface area contributed by atoms with Crippen LogP contribution in [0.4, 0.5) is 0 Å². The Morgan fingerprint density at radius 1 is 1.37 bits per heavy atom. The monoisotopic (exact) mass is 300 g/mol. The average molecular weight is 300 g/mol. The number of hydrogen-bond acceptors (Lipinski definition) is 4. The van der Waals surface area contributed by atoms with Crippen LogP contribution in [0.2, 0.25) is 0 Å². The first-order valence-electron chi connectivity index (χ1n) is 6.35. The van der Waals surface area contributed by atoms with Crippen molar-refractivity contribution in [2.24, 2.45) is 17.0 Å². The van der Waals surface area contributed by atoms with E-state index in [9.17, 15) is 13.2 Å². The average Bonchev–Trinajstić information content (AvgIpc) is 3.03. The number of carbonyl (C=O) groups is 1. The minimum absolute atomic E-state index is 0.0330. The van der Waals surface area contributed by atoms with E-state index in [0.717, 1.165) is 23.7 Å². The maximum Gasteiger partial charge on any atom is 0.252 e. The number of hydrogen-bond donors (Lipinski definition) is 2. The molecule has 0 saturated heterocycles. The lowest BCUT2D eigenvalue weighted by molar-refractivity contribution is 0.0923. The summed E-state index contributed by atoms with van der Waals surface area (Å²) in [7, 11) is -3.71. The summed E-state index contributed by atoms with van der Waals surface area (Å²) in [5.41, 5.74) is 0.386. The van der Waals surface area contributed by atoms with Gasteiger partial charge in [-0.25, -0.2) is 13.6 Å². The molecular formula is C12H16N2O3S2. The molecule has 2 fully saturated rings. The Labute approximate surface area is 116 Å². The minimum Gasteiger partial charge on any atom is -0.349 e. The smallest absolute Gasteiger partial charge is 0.252 e. The highest BCUT2D eigenvalue weighted by Gasteiger charge is 2.40. The molecule has 0 radical (unpaired) electrons. The van der Waals surface area contributed by atoms with Crippen molar-refractivity contribution in [3.8, 4) is 0 Å². The highest BCUT2D eigenvalue weighted by molar-refractivity contribution is 7.91. The van der Waals surface area contributed by atoms with E-state index in [1.165, 1.54) is 25.3 Å². The normalized spacial score (nSPS) is 29.6. The van der Waals surface area contributed by atoms with Gasteiger partial charge in [0.05, 0.1) is 5.56 Å². The summed E-state index contributed by atoms with van der Waals surface area (Å²) >= 11 is 0.984. The standard InChI is InChI=1S/C12H16N2O3S2/c13-19(16,17)11-5-9(6-18-11)12(15)14-10-4-7-1-2-8(10)3-7/h5-8,10H,1-4H2,(H,14,15)(H2,13,16,17). The van der Waals surface area contributed by atoms with E-state index >= 15 is 0 Å². The van der Waals surface area contributed by atoms with Crippen molar-refractivity contribution >= 4 is 27.3 Å². The maximum absolute atomic E-state index is 12.1. The molecule has 3 unspecified atom stereocenters. The summed E-state index contributed by atoms with van der Waals surface area (Å²) in [6.45, 7) is 0. The molecule has 2 aliphatic rings. The van der Waals surface area contributed by atoms with Crippen LogP contribution in [0, 0.1) is 11.8 Å². The van der Waals surface area contributed by atoms with Crippen LogP contribution in [0.5, 0.6) is 0 Å². The molecular weight excluding hydrogens is 284 g/mol. The fourth-order valence-electron chi connectivity index (χ4n) is 3.26. The first-order valence-corrected chi connectivity index (χ1v) is 8.78. The van der Waals surface area contributed by atoms with E-state index in [1.54, 1.807) is 5.38 Å². The van der Waals surface area contributed by atoms with E-state index in [1.807, 2.05) is 0 Å². The summed E-state index contributed by atoms with van der Waals surface area (Å²) in [5, 5.41) is 9.60. The largest absolute Gasteiger partial charge is 0.349 e. The molecule has 1 amide bonds. The van der Waals surface area contributed by atoms with Gasteiger partial charge >= 0.3 is 0 Å². The topological polar surface area (TPSA) is 89.3 Å². The lowest BCUT2D eigenvalue weighted by Crippen LogP contribution is -2.38. The maximum atomic E-state index is 12.1. The molecule has 3 atom stereocenters. The predicted molar refractivity (Wildman–Crippen MR) is 72.4 cm³/mol. The molecule has 1 aromatic heterocycles. The van der Waals surface area contributed by atoms with Crippen LogP contribution in [-0.2, 0) is 10.0 Å². The molecule has 104 valence electrons. The predicted octanol–water partition coefficient (Wildman–Crippen LogP) is 1.31. The fraction of sp³-hybridized carbons (Fsp3) is 0.583. The highest BCUT2D eigenvalue weighted by Crippen LogP contribution is 2.44. The zero-order valence-electron chi connectivity index (χ0n) is 10.3. The van der Waals surface area contributed by atoms with Crippen molar-refractivity contribution < 1.29 is 13.2 Å². The highest BCUT2D eigenvalue weighted by atomic mass is 32.2. The van der Waals surface area contributed by atoms with Crippen molar-refractivity contribution in [1.29, 1.82) is 0 Å². The van der Waals surface area contributed by atoms with Gasteiger partial charge in [0.1, 0.15) is 4.21 Å². The van der Waals surface area contributed by atoms with E-state index in [2.05, 4.69) is 5.32 Å². The van der Waals surface area contributed by atoms with E-state index < -0.39 is 10.0 Å². The van der Waals surface area contributed by atoms with Crippen LogP contribution >= 0.6 is 11.3 Å². The first-order chi connectivity index (χ1) is 8.93. The Hall–Kier alpha value is -0.920. The Morgan fingerprint density at radius 2 is 2.16 bits per heavy atom. The lowest BCUT2D eigenvalue weighted by atomic mass is 9.95. The van der Waals surface area contributed by atoms with Gasteiger partial charge in [-0.3, -0.25) is 4.79 Å². The minimum atomic E-state index is -3.71. The SMILES string of the molecule is NS(=O)(=O)c1cc(C(=O)NC2CC3CCC2C3)cs1. The first kappa shape index (κ1) is 13.1. The number of thiophene rings is 1. The van der Waals surface area contributed by atoms with Gasteiger partial charge in [0.2, 0.25) is 10.0 Å². The number of rotatable bonds is 3. The second kappa shape index (κ2) is 4.57. The molecule has 7 heteroatoms. The van der Waals surface area contributed by atoms with Gasteiger partial charge in [-0.2, -0.15) is 0 Å². The molecule has 1 heterocycles. The number of carbonyl (C=O) groups excluding carboxylic acids is 1. The van der Waals surface area contributed by atoms with Crippen LogP contribution < -0.4 is 10.5 Å². The van der Waals surface area contributed by atoms with E-state index in [4.69, 9.17) is 5.14 Å². The van der Waals surface area contributed by atoms with Gasteiger partial charge in [-0.15, -0.1) is 11.3 Å². The molecule has 2 saturated carbocycles. The molecule has 0 spiro atoms. The quantitative estimate of drug-likeness (QED) is 0.882. The van der Waals surface area contributed by atoms with Crippen molar-refractivity contribution in [3.63, 3.8) is 0 Å². The third kappa shape index (κ3) is 2.54. The number of sulfonamides is 1. The van der Waals surface area contributed by atoms with Crippen molar-refractivity contribution in [1.82, 2.24) is 5.32 Å². The van der Waals surface area contributed by atoms with Gasteiger partial charge < -0.3 is 5.32 Å². The van der Waals surface area contributed by atoms with Crippen molar-refractivity contribution in [2.75, 3.05) is 0 Å². The third-order valence-corrected chi connectivity index (χ3v) is 6.56. The van der Waals surface area contributed by atoms with Crippen LogP contribution in [0.25, 0.3) is 0 Å². The van der Waals surface area contributed by atoms with Gasteiger partial charge in [-0.05, 0) is 37.2 Å². The number of amides is 1. The van der Waals surface area contributed by atoms with E-state index in [0.29, 0.717) is 11.5 Å². The number of nitrogens with one attached hydrogen (secondary N) is 1. The van der Waals surface area contributed by atoms with Crippen LogP contribution in [0.15, 0.2) is 15.7 Å². The Bertz CT molecular complexity index is 608. The number of primary sulfonamides is 1. The molecule has 5 nitrogen and oxygen atoms in total. The molecule has 2 aliphatic carbocycles. The molecule has 0 aliphatic heterocycles. The number of nitrogens with two attached hydrogens (primary N) is 1. The summed E-state index contributed by atoms with van der Waals surface area (Å²) in [6, 6.07) is 1.60. The molecule has 0 aromatic carbocycles. The van der Waals surface area contributed by atoms with Crippen molar-refractivity contribution in [2.45, 2.75) is 35.9 Å². The lowest BCUT2D eigenvalue weighted by Gasteiger charge is -2.22. The summed E-state index contributed by atoms with van der Waals surface area (Å²) in [4.78, 5) is 12.1. The third-order valence-electron chi connectivity index (χ3n) is 4.17. The summed E-state index contributed by atoms with van der Waals surface area (Å²) in [6.07, 6.45) is 4.76. The van der Waals surface area contributed by atoms with Crippen LogP contribution in [0.3, 0.4) is 0 Å². The van der Waals surface area contributed by atoms with Crippen molar-refractivity contribution in [3.05, 3.63) is 17.0 Å². The Balaban J connectivity index is 1.69. The molecule has 2 bridgehead atoms. The van der Waals surface area contributed by atoms with Gasteiger partial charge in [0.25, 0.3) is 5.91 Å². The summed E-state index contributed by atoms with van der Waals surface area (Å²) < 4.78 is 22.4. The second-order valence-electron chi connectivity index (χ2n) is 5.45. The zero-order chi connectivity index (χ0) is 13.6.